The van der Waals surface area contributed by atoms with E-state index in [9.17, 15) is 9.59 Å². The van der Waals surface area contributed by atoms with Crippen LogP contribution in [0.2, 0.25) is 0 Å². The predicted molar refractivity (Wildman–Crippen MR) is 52.0 cm³/mol. The first kappa shape index (κ1) is 11.1. The lowest BCUT2D eigenvalue weighted by Crippen LogP contribution is -2.14. The largest absolute Gasteiger partial charge is 0.476 e. The van der Waals surface area contributed by atoms with Crippen molar-refractivity contribution in [3.05, 3.63) is 18.3 Å². The van der Waals surface area contributed by atoms with Gasteiger partial charge in [0.15, 0.2) is 5.00 Å². The molecule has 7 nitrogen and oxygen atoms in total. The lowest BCUT2D eigenvalue weighted by molar-refractivity contribution is 0.0691. The molecular weight excluding hydrogens is 222 g/mol. The molecule has 1 heterocycles. The molecule has 0 radical (unpaired) electrons. The number of aromatic nitrogens is 2. The molecular formula is C7H7N3O4S. The second-order valence-corrected chi connectivity index (χ2v) is 3.02. The van der Waals surface area contributed by atoms with Crippen molar-refractivity contribution >= 4 is 28.6 Å². The van der Waals surface area contributed by atoms with Gasteiger partial charge in [-0.3, -0.25) is 5.32 Å². The molecule has 0 aliphatic heterocycles. The van der Waals surface area contributed by atoms with Crippen LogP contribution in [-0.4, -0.2) is 33.4 Å². The number of carboxylic acids is 1. The summed E-state index contributed by atoms with van der Waals surface area (Å²) in [5.74, 6) is -1.26. The highest BCUT2D eigenvalue weighted by Gasteiger charge is 2.17. The number of nitrogens with zero attached hydrogens (tertiary/aromatic N) is 2. The summed E-state index contributed by atoms with van der Waals surface area (Å²) in [5, 5.41) is 14.2. The summed E-state index contributed by atoms with van der Waals surface area (Å²) in [6.45, 7) is 3.40. The zero-order valence-electron chi connectivity index (χ0n) is 7.47. The van der Waals surface area contributed by atoms with Crippen LogP contribution in [0.15, 0.2) is 12.7 Å². The van der Waals surface area contributed by atoms with Gasteiger partial charge in [-0.25, -0.2) is 9.59 Å². The number of hydrogen-bond acceptors (Lipinski definition) is 6. The lowest BCUT2D eigenvalue weighted by Gasteiger charge is -2.01. The van der Waals surface area contributed by atoms with Gasteiger partial charge < -0.3 is 9.84 Å². The second kappa shape index (κ2) is 5.05. The molecule has 0 aliphatic rings. The van der Waals surface area contributed by atoms with E-state index >= 15 is 0 Å². The molecule has 0 saturated carbocycles. The molecule has 2 N–H and O–H groups in total. The van der Waals surface area contributed by atoms with Gasteiger partial charge in [0.1, 0.15) is 6.61 Å². The normalized spacial score (nSPS) is 9.33. The van der Waals surface area contributed by atoms with E-state index in [-0.39, 0.29) is 17.3 Å². The minimum absolute atomic E-state index is 0.0385. The summed E-state index contributed by atoms with van der Waals surface area (Å²) in [4.78, 5) is 21.6. The van der Waals surface area contributed by atoms with Crippen LogP contribution >= 0.6 is 11.5 Å². The van der Waals surface area contributed by atoms with Crippen LogP contribution in [-0.2, 0) is 4.74 Å². The van der Waals surface area contributed by atoms with Gasteiger partial charge in [0, 0.05) is 11.5 Å². The smallest absolute Gasteiger partial charge is 0.412 e. The van der Waals surface area contributed by atoms with Crippen LogP contribution in [0.5, 0.6) is 0 Å². The fourth-order valence-electron chi connectivity index (χ4n) is 0.676. The summed E-state index contributed by atoms with van der Waals surface area (Å²) in [6.07, 6.45) is 0.617. The van der Waals surface area contributed by atoms with Crippen LogP contribution in [0.25, 0.3) is 0 Å². The third kappa shape index (κ3) is 3.02. The molecule has 0 unspecified atom stereocenters. The van der Waals surface area contributed by atoms with Gasteiger partial charge in [-0.05, 0) is 0 Å². The van der Waals surface area contributed by atoms with E-state index in [1.165, 1.54) is 6.08 Å². The van der Waals surface area contributed by atoms with Crippen LogP contribution in [0.3, 0.4) is 0 Å². The van der Waals surface area contributed by atoms with E-state index in [1.54, 1.807) is 0 Å². The Labute approximate surface area is 88.5 Å². The van der Waals surface area contributed by atoms with Crippen molar-refractivity contribution in [1.29, 1.82) is 0 Å². The Bertz CT molecular complexity index is 389. The van der Waals surface area contributed by atoms with Crippen molar-refractivity contribution in [1.82, 2.24) is 9.59 Å². The molecule has 0 fully saturated rings. The highest BCUT2D eigenvalue weighted by Crippen LogP contribution is 2.17. The molecule has 1 rings (SSSR count). The van der Waals surface area contributed by atoms with E-state index in [0.717, 1.165) is 11.5 Å². The number of hydrogen-bond donors (Lipinski definition) is 2. The van der Waals surface area contributed by atoms with E-state index in [1.807, 2.05) is 0 Å². The molecule has 0 atom stereocenters. The molecule has 1 amide bonds. The minimum Gasteiger partial charge on any atom is -0.476 e. The SMILES string of the molecule is C=CCOC(=O)Nc1snnc1C(=O)O. The molecule has 0 aliphatic carbocycles. The molecule has 0 spiro atoms. The molecule has 1 aromatic heterocycles. The number of anilines is 1. The Hall–Kier alpha value is -1.96. The topological polar surface area (TPSA) is 101 Å². The maximum Gasteiger partial charge on any atom is 0.412 e. The average Bonchev–Trinajstić information content (AvgIpc) is 2.62. The molecule has 1 aromatic rings. The molecule has 15 heavy (non-hydrogen) atoms. The minimum atomic E-state index is -1.26. The number of amides is 1. The molecule has 80 valence electrons. The Balaban J connectivity index is 2.64. The maximum absolute atomic E-state index is 11.0. The van der Waals surface area contributed by atoms with Crippen LogP contribution < -0.4 is 5.32 Å². The van der Waals surface area contributed by atoms with Crippen molar-refractivity contribution in [3.8, 4) is 0 Å². The number of aromatic carboxylic acids is 1. The van der Waals surface area contributed by atoms with E-state index in [4.69, 9.17) is 5.11 Å². The highest BCUT2D eigenvalue weighted by molar-refractivity contribution is 7.10. The second-order valence-electron chi connectivity index (χ2n) is 2.27. The standard InChI is InChI=1S/C7H7N3O4S/c1-2-3-14-7(13)8-5-4(6(11)12)9-10-15-5/h2H,1,3H2,(H,8,13)(H,11,12). The number of carbonyl (C=O) groups is 2. The monoisotopic (exact) mass is 229 g/mol. The van der Waals surface area contributed by atoms with Crippen molar-refractivity contribution < 1.29 is 19.4 Å². The number of nitrogens with one attached hydrogen (secondary N) is 1. The Morgan fingerprint density at radius 1 is 1.67 bits per heavy atom. The summed E-state index contributed by atoms with van der Waals surface area (Å²) < 4.78 is 7.99. The fraction of sp³-hybridized carbons (Fsp3) is 0.143. The summed E-state index contributed by atoms with van der Waals surface area (Å²) >= 11 is 0.760. The number of carboxylic acid groups (broad SMARTS) is 1. The maximum atomic E-state index is 11.0. The van der Waals surface area contributed by atoms with Gasteiger partial charge >= 0.3 is 12.1 Å². The fourth-order valence-corrected chi connectivity index (χ4v) is 1.22. The predicted octanol–water partition coefficient (Wildman–Crippen LogP) is 0.971. The number of ether oxygens (including phenoxy) is 1. The average molecular weight is 229 g/mol. The van der Waals surface area contributed by atoms with Crippen molar-refractivity contribution in [2.45, 2.75) is 0 Å². The number of carbonyl (C=O) groups excluding carboxylic acids is 1. The third-order valence-electron chi connectivity index (χ3n) is 1.24. The third-order valence-corrected chi connectivity index (χ3v) is 1.88. The van der Waals surface area contributed by atoms with Crippen molar-refractivity contribution in [3.63, 3.8) is 0 Å². The number of rotatable bonds is 4. The summed E-state index contributed by atoms with van der Waals surface area (Å²) in [6, 6.07) is 0. The lowest BCUT2D eigenvalue weighted by atomic mass is 10.5. The Morgan fingerprint density at radius 3 is 3.00 bits per heavy atom. The van der Waals surface area contributed by atoms with Gasteiger partial charge in [-0.1, -0.05) is 17.1 Å². The van der Waals surface area contributed by atoms with E-state index in [2.05, 4.69) is 26.2 Å². The van der Waals surface area contributed by atoms with Crippen molar-refractivity contribution in [2.24, 2.45) is 0 Å². The summed E-state index contributed by atoms with van der Waals surface area (Å²) in [7, 11) is 0. The van der Waals surface area contributed by atoms with Gasteiger partial charge in [-0.15, -0.1) is 5.10 Å². The van der Waals surface area contributed by atoms with E-state index < -0.39 is 12.1 Å². The van der Waals surface area contributed by atoms with Gasteiger partial charge in [0.05, 0.1) is 0 Å². The van der Waals surface area contributed by atoms with Gasteiger partial charge in [0.25, 0.3) is 0 Å². The Kier molecular flexibility index (Phi) is 3.75. The first-order valence-corrected chi connectivity index (χ1v) is 4.52. The zero-order chi connectivity index (χ0) is 11.3. The van der Waals surface area contributed by atoms with Crippen LogP contribution in [0.1, 0.15) is 10.5 Å². The molecule has 8 heteroatoms. The van der Waals surface area contributed by atoms with E-state index in [0.29, 0.717) is 0 Å². The molecule has 0 bridgehead atoms. The molecule has 0 saturated heterocycles. The zero-order valence-corrected chi connectivity index (χ0v) is 8.28. The quantitative estimate of drug-likeness (QED) is 0.746. The van der Waals surface area contributed by atoms with Gasteiger partial charge in [-0.2, -0.15) is 0 Å². The first-order chi connectivity index (χ1) is 7.15. The van der Waals surface area contributed by atoms with Crippen LogP contribution in [0, 0.1) is 0 Å². The van der Waals surface area contributed by atoms with Gasteiger partial charge in [0.2, 0.25) is 5.69 Å². The summed E-state index contributed by atoms with van der Waals surface area (Å²) in [5.41, 5.74) is -0.310. The first-order valence-electron chi connectivity index (χ1n) is 3.75. The Morgan fingerprint density at radius 2 is 2.40 bits per heavy atom. The van der Waals surface area contributed by atoms with Crippen LogP contribution in [0.4, 0.5) is 9.80 Å². The molecule has 0 aromatic carbocycles. The highest BCUT2D eigenvalue weighted by atomic mass is 32.1. The van der Waals surface area contributed by atoms with Crippen molar-refractivity contribution in [2.75, 3.05) is 11.9 Å².